The van der Waals surface area contributed by atoms with Crippen molar-refractivity contribution in [3.8, 4) is 5.75 Å². The Bertz CT molecular complexity index is 538. The first kappa shape index (κ1) is 16.3. The van der Waals surface area contributed by atoms with Crippen molar-refractivity contribution in [3.63, 3.8) is 0 Å². The molecule has 1 unspecified atom stereocenters. The highest BCUT2D eigenvalue weighted by molar-refractivity contribution is 7.11. The van der Waals surface area contributed by atoms with Gasteiger partial charge in [-0.1, -0.05) is 25.4 Å². The molecule has 0 saturated heterocycles. The molecule has 0 aliphatic rings. The van der Waals surface area contributed by atoms with Crippen LogP contribution < -0.4 is 10.1 Å². The highest BCUT2D eigenvalue weighted by Crippen LogP contribution is 2.19. The van der Waals surface area contributed by atoms with Crippen LogP contribution >= 0.6 is 22.9 Å². The summed E-state index contributed by atoms with van der Waals surface area (Å²) in [6, 6.07) is 12.3. The van der Waals surface area contributed by atoms with Gasteiger partial charge in [0, 0.05) is 27.2 Å². The van der Waals surface area contributed by atoms with Crippen LogP contribution in [0.4, 0.5) is 0 Å². The zero-order valence-electron chi connectivity index (χ0n) is 12.6. The fourth-order valence-electron chi connectivity index (χ4n) is 2.17. The van der Waals surface area contributed by atoms with Crippen molar-refractivity contribution in [1.29, 1.82) is 0 Å². The first-order chi connectivity index (χ1) is 10.2. The van der Waals surface area contributed by atoms with Crippen molar-refractivity contribution in [1.82, 2.24) is 5.32 Å². The van der Waals surface area contributed by atoms with Crippen LogP contribution in [-0.2, 0) is 12.8 Å². The predicted octanol–water partition coefficient (Wildman–Crippen LogP) is 4.56. The molecule has 2 nitrogen and oxygen atoms in total. The summed E-state index contributed by atoms with van der Waals surface area (Å²) >= 11 is 7.78. The monoisotopic (exact) mass is 323 g/mol. The van der Waals surface area contributed by atoms with E-state index >= 15 is 0 Å². The number of halogens is 1. The van der Waals surface area contributed by atoms with Crippen molar-refractivity contribution in [2.75, 3.05) is 13.2 Å². The molecule has 0 saturated carbocycles. The quantitative estimate of drug-likeness (QED) is 0.768. The van der Waals surface area contributed by atoms with Crippen molar-refractivity contribution < 1.29 is 4.74 Å². The Kier molecular flexibility index (Phi) is 6.55. The molecule has 0 radical (unpaired) electrons. The van der Waals surface area contributed by atoms with Crippen LogP contribution in [0.1, 0.15) is 23.6 Å². The van der Waals surface area contributed by atoms with Crippen LogP contribution in [0.15, 0.2) is 36.4 Å². The van der Waals surface area contributed by atoms with Gasteiger partial charge in [-0.05, 0) is 49.4 Å². The Morgan fingerprint density at radius 2 is 1.81 bits per heavy atom. The molecule has 0 bridgehead atoms. The first-order valence-corrected chi connectivity index (χ1v) is 8.60. The Morgan fingerprint density at radius 1 is 1.10 bits per heavy atom. The van der Waals surface area contributed by atoms with Gasteiger partial charge in [0.15, 0.2) is 0 Å². The van der Waals surface area contributed by atoms with Crippen LogP contribution in [0, 0.1) is 0 Å². The lowest BCUT2D eigenvalue weighted by atomic mass is 10.2. The summed E-state index contributed by atoms with van der Waals surface area (Å²) in [5.41, 5.74) is 0. The van der Waals surface area contributed by atoms with Crippen molar-refractivity contribution in [3.05, 3.63) is 51.2 Å². The van der Waals surface area contributed by atoms with Gasteiger partial charge in [0.25, 0.3) is 0 Å². The maximum absolute atomic E-state index is 5.88. The van der Waals surface area contributed by atoms with E-state index in [1.54, 1.807) is 0 Å². The highest BCUT2D eigenvalue weighted by Gasteiger charge is 2.11. The van der Waals surface area contributed by atoms with Crippen molar-refractivity contribution >= 4 is 22.9 Å². The summed E-state index contributed by atoms with van der Waals surface area (Å²) in [4.78, 5) is 2.86. The number of hydrogen-bond donors (Lipinski definition) is 1. The number of hydrogen-bond acceptors (Lipinski definition) is 3. The van der Waals surface area contributed by atoms with Crippen LogP contribution in [0.25, 0.3) is 0 Å². The fourth-order valence-corrected chi connectivity index (χ4v) is 3.34. The number of ether oxygens (including phenoxy) is 1. The molecule has 0 spiro atoms. The Morgan fingerprint density at radius 3 is 2.43 bits per heavy atom. The molecule has 0 amide bonds. The summed E-state index contributed by atoms with van der Waals surface area (Å²) in [5.74, 6) is 0.864. The number of aryl methyl sites for hydroxylation is 1. The third-order valence-electron chi connectivity index (χ3n) is 3.27. The summed E-state index contributed by atoms with van der Waals surface area (Å²) < 4.78 is 5.86. The molecule has 0 fully saturated rings. The third kappa shape index (κ3) is 5.34. The molecule has 114 valence electrons. The SMILES string of the molecule is CCNC(COc1ccc(Cl)cc1)Cc1ccc(CC)s1. The van der Waals surface area contributed by atoms with E-state index in [0.29, 0.717) is 12.6 Å². The normalized spacial score (nSPS) is 12.3. The van der Waals surface area contributed by atoms with E-state index in [4.69, 9.17) is 16.3 Å². The average molecular weight is 324 g/mol. The van der Waals surface area contributed by atoms with Crippen LogP contribution in [-0.4, -0.2) is 19.2 Å². The molecule has 1 N–H and O–H groups in total. The standard InChI is InChI=1S/C17H22ClNOS/c1-3-16-9-10-17(21-16)11-14(19-4-2)12-20-15-7-5-13(18)6-8-15/h5-10,14,19H,3-4,11-12H2,1-2H3. The highest BCUT2D eigenvalue weighted by atomic mass is 35.5. The lowest BCUT2D eigenvalue weighted by molar-refractivity contribution is 0.265. The summed E-state index contributed by atoms with van der Waals surface area (Å²) in [6.07, 6.45) is 2.11. The molecule has 21 heavy (non-hydrogen) atoms. The zero-order chi connectivity index (χ0) is 15.1. The van der Waals surface area contributed by atoms with E-state index in [1.165, 1.54) is 9.75 Å². The summed E-state index contributed by atoms with van der Waals surface area (Å²) in [5, 5.41) is 4.23. The molecular weight excluding hydrogens is 302 g/mol. The van der Waals surface area contributed by atoms with Crippen LogP contribution in [0.2, 0.25) is 5.02 Å². The molecule has 4 heteroatoms. The molecule has 2 aromatic rings. The molecule has 1 heterocycles. The lowest BCUT2D eigenvalue weighted by Gasteiger charge is -2.18. The third-order valence-corrected chi connectivity index (χ3v) is 4.77. The molecule has 1 atom stereocenters. The van der Waals surface area contributed by atoms with E-state index in [9.17, 15) is 0 Å². The van der Waals surface area contributed by atoms with E-state index in [-0.39, 0.29) is 0 Å². The number of nitrogens with one attached hydrogen (secondary N) is 1. The minimum Gasteiger partial charge on any atom is -0.492 e. The Balaban J connectivity index is 1.90. The van der Waals surface area contributed by atoms with Gasteiger partial charge in [0.2, 0.25) is 0 Å². The van der Waals surface area contributed by atoms with Gasteiger partial charge in [-0.15, -0.1) is 11.3 Å². The first-order valence-electron chi connectivity index (χ1n) is 7.40. The lowest BCUT2D eigenvalue weighted by Crippen LogP contribution is -2.36. The average Bonchev–Trinajstić information content (AvgIpc) is 2.94. The second-order valence-electron chi connectivity index (χ2n) is 4.95. The molecule has 1 aromatic heterocycles. The van der Waals surface area contributed by atoms with Gasteiger partial charge in [-0.3, -0.25) is 0 Å². The molecule has 0 aliphatic heterocycles. The van der Waals surface area contributed by atoms with E-state index in [1.807, 2.05) is 35.6 Å². The second kappa shape index (κ2) is 8.42. The molecule has 1 aromatic carbocycles. The Labute approximate surface area is 136 Å². The van der Waals surface area contributed by atoms with Gasteiger partial charge in [-0.25, -0.2) is 0 Å². The van der Waals surface area contributed by atoms with E-state index < -0.39 is 0 Å². The number of benzene rings is 1. The summed E-state index contributed by atoms with van der Waals surface area (Å²) in [6.45, 7) is 5.93. The fraction of sp³-hybridized carbons (Fsp3) is 0.412. The van der Waals surface area contributed by atoms with Gasteiger partial charge >= 0.3 is 0 Å². The smallest absolute Gasteiger partial charge is 0.119 e. The van der Waals surface area contributed by atoms with E-state index in [2.05, 4.69) is 31.3 Å². The minimum absolute atomic E-state index is 0.328. The zero-order valence-corrected chi connectivity index (χ0v) is 14.1. The van der Waals surface area contributed by atoms with Crippen molar-refractivity contribution in [2.45, 2.75) is 32.7 Å². The van der Waals surface area contributed by atoms with Gasteiger partial charge in [0.05, 0.1) is 0 Å². The topological polar surface area (TPSA) is 21.3 Å². The largest absolute Gasteiger partial charge is 0.492 e. The second-order valence-corrected chi connectivity index (χ2v) is 6.63. The van der Waals surface area contributed by atoms with Gasteiger partial charge < -0.3 is 10.1 Å². The molecular formula is C17H22ClNOS. The molecule has 2 rings (SSSR count). The number of thiophene rings is 1. The van der Waals surface area contributed by atoms with Crippen LogP contribution in [0.5, 0.6) is 5.75 Å². The van der Waals surface area contributed by atoms with Crippen LogP contribution in [0.3, 0.4) is 0 Å². The number of rotatable bonds is 8. The Hall–Kier alpha value is -1.03. The summed E-state index contributed by atoms with van der Waals surface area (Å²) in [7, 11) is 0. The van der Waals surface area contributed by atoms with Crippen molar-refractivity contribution in [2.24, 2.45) is 0 Å². The number of likely N-dealkylation sites (N-methyl/N-ethyl adjacent to an activating group) is 1. The minimum atomic E-state index is 0.328. The van der Waals surface area contributed by atoms with Gasteiger partial charge in [-0.2, -0.15) is 0 Å². The maximum Gasteiger partial charge on any atom is 0.119 e. The predicted molar refractivity (Wildman–Crippen MR) is 91.8 cm³/mol. The molecule has 0 aliphatic carbocycles. The van der Waals surface area contributed by atoms with E-state index in [0.717, 1.165) is 30.2 Å². The van der Waals surface area contributed by atoms with Gasteiger partial charge in [0.1, 0.15) is 12.4 Å². The maximum atomic E-state index is 5.88.